The van der Waals surface area contributed by atoms with E-state index in [1.165, 1.54) is 0 Å². The van der Waals surface area contributed by atoms with E-state index in [9.17, 15) is 0 Å². The van der Waals surface area contributed by atoms with Crippen LogP contribution in [-0.4, -0.2) is 9.78 Å². The highest BCUT2D eigenvalue weighted by molar-refractivity contribution is 6.30. The fraction of sp³-hybridized carbons (Fsp3) is 0.100. The molecule has 0 saturated heterocycles. The van der Waals surface area contributed by atoms with Gasteiger partial charge in [-0.2, -0.15) is 5.10 Å². The fourth-order valence-corrected chi connectivity index (χ4v) is 1.64. The summed E-state index contributed by atoms with van der Waals surface area (Å²) in [6, 6.07) is 7.38. The van der Waals surface area contributed by atoms with Crippen molar-refractivity contribution in [3.8, 4) is 11.3 Å². The number of hydrogen-bond acceptors (Lipinski definition) is 3. The molecule has 0 fully saturated rings. The van der Waals surface area contributed by atoms with E-state index in [1.807, 2.05) is 12.1 Å². The molecule has 0 aliphatic heterocycles. The van der Waals surface area contributed by atoms with E-state index in [4.69, 9.17) is 23.1 Å². The van der Waals surface area contributed by atoms with E-state index >= 15 is 0 Å². The predicted molar refractivity (Wildman–Crippen MR) is 62.5 cm³/mol. The van der Waals surface area contributed by atoms with Crippen molar-refractivity contribution >= 4 is 23.1 Å². The average molecular weight is 223 g/mol. The minimum absolute atomic E-state index is 0.349. The number of nitrogens with two attached hydrogens (primary N) is 2. The largest absolute Gasteiger partial charge is 0.394 e. The minimum atomic E-state index is 0.349. The van der Waals surface area contributed by atoms with Crippen LogP contribution in [0.3, 0.4) is 0 Å². The topological polar surface area (TPSA) is 69.9 Å². The van der Waals surface area contributed by atoms with Gasteiger partial charge in [-0.05, 0) is 12.1 Å². The molecule has 0 spiro atoms. The van der Waals surface area contributed by atoms with Crippen molar-refractivity contribution in [1.29, 1.82) is 0 Å². The van der Waals surface area contributed by atoms with E-state index in [0.717, 1.165) is 11.3 Å². The van der Waals surface area contributed by atoms with Crippen LogP contribution in [0.4, 0.5) is 11.5 Å². The molecule has 15 heavy (non-hydrogen) atoms. The minimum Gasteiger partial charge on any atom is -0.394 e. The maximum absolute atomic E-state index is 5.83. The summed E-state index contributed by atoms with van der Waals surface area (Å²) in [5.74, 6) is 0.349. The van der Waals surface area contributed by atoms with Crippen LogP contribution in [0.1, 0.15) is 0 Å². The summed E-state index contributed by atoms with van der Waals surface area (Å²) in [5, 5.41) is 4.73. The second-order valence-electron chi connectivity index (χ2n) is 3.28. The van der Waals surface area contributed by atoms with E-state index < -0.39 is 0 Å². The van der Waals surface area contributed by atoms with Crippen molar-refractivity contribution < 1.29 is 0 Å². The molecular formula is C10H11ClN4. The first-order valence-electron chi connectivity index (χ1n) is 4.43. The van der Waals surface area contributed by atoms with Crippen molar-refractivity contribution in [2.45, 2.75) is 0 Å². The lowest BCUT2D eigenvalue weighted by atomic mass is 10.1. The molecule has 1 heterocycles. The summed E-state index contributed by atoms with van der Waals surface area (Å²) in [6.07, 6.45) is 0. The van der Waals surface area contributed by atoms with Gasteiger partial charge in [0, 0.05) is 17.6 Å². The molecule has 0 amide bonds. The maximum Gasteiger partial charge on any atom is 0.169 e. The SMILES string of the molecule is Cn1nc(N)c(N)c1-c1ccc(Cl)cc1. The van der Waals surface area contributed by atoms with Crippen molar-refractivity contribution in [2.75, 3.05) is 11.5 Å². The molecule has 2 aromatic rings. The molecule has 0 radical (unpaired) electrons. The number of halogens is 1. The Labute approximate surface area is 92.4 Å². The Bertz CT molecular complexity index is 487. The summed E-state index contributed by atoms with van der Waals surface area (Å²) < 4.78 is 1.66. The van der Waals surface area contributed by atoms with Gasteiger partial charge in [0.15, 0.2) is 5.82 Å². The Hall–Kier alpha value is -1.68. The lowest BCUT2D eigenvalue weighted by Gasteiger charge is -2.03. The van der Waals surface area contributed by atoms with Gasteiger partial charge in [-0.15, -0.1) is 0 Å². The summed E-state index contributed by atoms with van der Waals surface area (Å²) in [5.41, 5.74) is 13.7. The zero-order valence-electron chi connectivity index (χ0n) is 8.24. The Morgan fingerprint density at radius 2 is 1.80 bits per heavy atom. The first kappa shape index (κ1) is 9.86. The highest BCUT2D eigenvalue weighted by Gasteiger charge is 2.12. The molecule has 1 aromatic carbocycles. The predicted octanol–water partition coefficient (Wildman–Crippen LogP) is 1.90. The van der Waals surface area contributed by atoms with Crippen LogP contribution in [-0.2, 0) is 7.05 Å². The van der Waals surface area contributed by atoms with Crippen molar-refractivity contribution in [2.24, 2.45) is 7.05 Å². The van der Waals surface area contributed by atoms with Crippen LogP contribution in [0.2, 0.25) is 5.02 Å². The lowest BCUT2D eigenvalue weighted by Crippen LogP contribution is -1.95. The van der Waals surface area contributed by atoms with E-state index in [1.54, 1.807) is 23.9 Å². The molecule has 5 heteroatoms. The van der Waals surface area contributed by atoms with E-state index in [0.29, 0.717) is 16.5 Å². The molecule has 0 unspecified atom stereocenters. The molecule has 0 atom stereocenters. The molecule has 0 aliphatic rings. The smallest absolute Gasteiger partial charge is 0.169 e. The Morgan fingerprint density at radius 1 is 1.20 bits per heavy atom. The number of aromatic nitrogens is 2. The number of nitrogens with zero attached hydrogens (tertiary/aromatic N) is 2. The van der Waals surface area contributed by atoms with Gasteiger partial charge < -0.3 is 11.5 Å². The zero-order chi connectivity index (χ0) is 11.0. The number of rotatable bonds is 1. The molecule has 4 nitrogen and oxygen atoms in total. The van der Waals surface area contributed by atoms with Crippen LogP contribution in [0.25, 0.3) is 11.3 Å². The zero-order valence-corrected chi connectivity index (χ0v) is 8.99. The van der Waals surface area contributed by atoms with Crippen LogP contribution in [0.5, 0.6) is 0 Å². The quantitative estimate of drug-likeness (QED) is 0.774. The average Bonchev–Trinajstić information content (AvgIpc) is 2.44. The van der Waals surface area contributed by atoms with Crippen LogP contribution in [0.15, 0.2) is 24.3 Å². The van der Waals surface area contributed by atoms with Gasteiger partial charge in [-0.1, -0.05) is 23.7 Å². The van der Waals surface area contributed by atoms with Gasteiger partial charge in [-0.3, -0.25) is 4.68 Å². The van der Waals surface area contributed by atoms with Crippen LogP contribution < -0.4 is 11.5 Å². The standard InChI is InChI=1S/C10H11ClN4/c1-15-9(8(12)10(13)14-15)6-2-4-7(11)5-3-6/h2-5H,12H2,1H3,(H2,13,14). The number of aryl methyl sites for hydroxylation is 1. The number of anilines is 2. The summed E-state index contributed by atoms with van der Waals surface area (Å²) in [7, 11) is 1.80. The summed E-state index contributed by atoms with van der Waals surface area (Å²) in [6.45, 7) is 0. The third kappa shape index (κ3) is 1.64. The molecule has 0 saturated carbocycles. The molecule has 78 valence electrons. The van der Waals surface area contributed by atoms with Gasteiger partial charge in [0.05, 0.1) is 5.69 Å². The lowest BCUT2D eigenvalue weighted by molar-refractivity contribution is 0.780. The monoisotopic (exact) mass is 222 g/mol. The van der Waals surface area contributed by atoms with Crippen molar-refractivity contribution in [1.82, 2.24) is 9.78 Å². The van der Waals surface area contributed by atoms with E-state index in [2.05, 4.69) is 5.10 Å². The Balaban J connectivity index is 2.58. The fourth-order valence-electron chi connectivity index (χ4n) is 1.51. The van der Waals surface area contributed by atoms with Gasteiger partial charge in [0.2, 0.25) is 0 Å². The van der Waals surface area contributed by atoms with Crippen LogP contribution in [0, 0.1) is 0 Å². The molecule has 0 bridgehead atoms. The summed E-state index contributed by atoms with van der Waals surface area (Å²) in [4.78, 5) is 0. The molecule has 0 aliphatic carbocycles. The normalized spacial score (nSPS) is 10.5. The number of hydrogen-bond donors (Lipinski definition) is 2. The van der Waals surface area contributed by atoms with Crippen molar-refractivity contribution in [3.05, 3.63) is 29.3 Å². The summed E-state index contributed by atoms with van der Waals surface area (Å²) >= 11 is 5.81. The van der Waals surface area contributed by atoms with Crippen LogP contribution >= 0.6 is 11.6 Å². The number of nitrogen functional groups attached to an aromatic ring is 2. The third-order valence-electron chi connectivity index (χ3n) is 2.23. The maximum atomic E-state index is 5.83. The number of benzene rings is 1. The van der Waals surface area contributed by atoms with Gasteiger partial charge in [0.25, 0.3) is 0 Å². The first-order chi connectivity index (χ1) is 7.09. The first-order valence-corrected chi connectivity index (χ1v) is 4.81. The van der Waals surface area contributed by atoms with Gasteiger partial charge in [0.1, 0.15) is 5.69 Å². The van der Waals surface area contributed by atoms with Gasteiger partial charge in [-0.25, -0.2) is 0 Å². The van der Waals surface area contributed by atoms with Crippen molar-refractivity contribution in [3.63, 3.8) is 0 Å². The van der Waals surface area contributed by atoms with Gasteiger partial charge >= 0.3 is 0 Å². The third-order valence-corrected chi connectivity index (χ3v) is 2.48. The second kappa shape index (κ2) is 3.47. The molecule has 2 rings (SSSR count). The molecule has 4 N–H and O–H groups in total. The highest BCUT2D eigenvalue weighted by atomic mass is 35.5. The Morgan fingerprint density at radius 3 is 2.27 bits per heavy atom. The Kier molecular flexibility index (Phi) is 2.28. The molecule has 1 aromatic heterocycles. The highest BCUT2D eigenvalue weighted by Crippen LogP contribution is 2.29. The van der Waals surface area contributed by atoms with E-state index in [-0.39, 0.29) is 0 Å². The molecular weight excluding hydrogens is 212 g/mol. The second-order valence-corrected chi connectivity index (χ2v) is 3.71.